The van der Waals surface area contributed by atoms with Crippen LogP contribution < -0.4 is 0 Å². The van der Waals surface area contributed by atoms with Crippen LogP contribution in [0.25, 0.3) is 33.4 Å². The maximum Gasteiger partial charge on any atom is 0.176 e. The molecule has 0 saturated heterocycles. The minimum atomic E-state index is -2.77. The fourth-order valence-corrected chi connectivity index (χ4v) is 13.0. The van der Waals surface area contributed by atoms with Crippen molar-refractivity contribution in [3.05, 3.63) is 158 Å². The predicted molar refractivity (Wildman–Crippen MR) is 256 cm³/mol. The molecule has 7 aromatic carbocycles. The van der Waals surface area contributed by atoms with E-state index in [1.165, 1.54) is 41.5 Å². The molecule has 0 nitrogen and oxygen atoms in total. The van der Waals surface area contributed by atoms with Gasteiger partial charge in [0.2, 0.25) is 0 Å². The first-order valence-corrected chi connectivity index (χ1v) is 27.1. The number of benzene rings is 7. The van der Waals surface area contributed by atoms with Crippen molar-refractivity contribution in [1.82, 2.24) is 0 Å². The van der Waals surface area contributed by atoms with Crippen LogP contribution in [0.1, 0.15) is 41.5 Å². The highest BCUT2D eigenvalue weighted by molar-refractivity contribution is 8.01. The second kappa shape index (κ2) is 24.3. The molecule has 0 saturated carbocycles. The number of hydrogen-bond acceptors (Lipinski definition) is 6. The standard InChI is InChI=1S/C51H24F24S6/c1-10(2)76-46-34(64)22(52)16(23(53)35(46)65)19-28(58)40(70)49(41(71)29(19)59)79-13-7-14(80-50-42(72)30(60)20(31(61)43(50)73)17-24(54)36(66)47(77-11(3)4)37(67)25(17)55)9-15(8-13)81-51-44(74)32(62)21(33(63)45(51)75)18-26(56)38(68)48(78-12(5)6)39(69)27(18)57/h7-12H,1-6H3. The number of rotatable bonds is 15. The average Bonchev–Trinajstić information content (AvgIpc) is 3.55. The van der Waals surface area contributed by atoms with Crippen molar-refractivity contribution in [2.75, 3.05) is 0 Å². The van der Waals surface area contributed by atoms with Gasteiger partial charge < -0.3 is 0 Å². The van der Waals surface area contributed by atoms with Gasteiger partial charge in [-0.3, -0.25) is 0 Å². The van der Waals surface area contributed by atoms with Crippen LogP contribution in [0.15, 0.2) is 62.3 Å². The SMILES string of the molecule is CC(C)Sc1c(F)c(F)c(-c2c(F)c(F)c(Sc3cc(Sc4c(F)c(F)c(-c5c(F)c(F)c(SC(C)C)c(F)c5F)c(F)c4F)cc(Sc4c(F)c(F)c(-c5c(F)c(F)c(SC(C)C)c(F)c5F)c(F)c4F)c3)c(F)c2F)c(F)c1F. The van der Waals surface area contributed by atoms with E-state index < -0.39 is 268 Å². The minimum Gasteiger partial charge on any atom is -0.203 e. The van der Waals surface area contributed by atoms with Gasteiger partial charge in [-0.05, 0) is 18.2 Å². The highest BCUT2D eigenvalue weighted by Crippen LogP contribution is 2.50. The van der Waals surface area contributed by atoms with Gasteiger partial charge in [0.1, 0.15) is 0 Å². The van der Waals surface area contributed by atoms with E-state index >= 15 is 105 Å². The molecule has 0 radical (unpaired) electrons. The lowest BCUT2D eigenvalue weighted by molar-refractivity contribution is 0.414. The van der Waals surface area contributed by atoms with Gasteiger partial charge in [-0.15, -0.1) is 35.3 Å². The third-order valence-electron chi connectivity index (χ3n) is 10.7. The molecule has 0 heterocycles. The lowest BCUT2D eigenvalue weighted by Crippen LogP contribution is -2.09. The first-order valence-electron chi connectivity index (χ1n) is 22.0. The van der Waals surface area contributed by atoms with Crippen molar-refractivity contribution in [3.63, 3.8) is 0 Å². The van der Waals surface area contributed by atoms with Crippen LogP contribution in [0.5, 0.6) is 0 Å². The van der Waals surface area contributed by atoms with E-state index in [0.717, 1.165) is 0 Å². The van der Waals surface area contributed by atoms with Crippen LogP contribution in [-0.4, -0.2) is 15.7 Å². The van der Waals surface area contributed by atoms with E-state index in [0.29, 0.717) is 18.2 Å². The van der Waals surface area contributed by atoms with E-state index in [1.54, 1.807) is 0 Å². The largest absolute Gasteiger partial charge is 0.203 e. The highest BCUT2D eigenvalue weighted by atomic mass is 32.2. The van der Waals surface area contributed by atoms with Gasteiger partial charge in [0.25, 0.3) is 0 Å². The third kappa shape index (κ3) is 11.4. The smallest absolute Gasteiger partial charge is 0.176 e. The number of thioether (sulfide) groups is 3. The molecule has 0 spiro atoms. The summed E-state index contributed by atoms with van der Waals surface area (Å²) in [5, 5.41) is -2.35. The van der Waals surface area contributed by atoms with Crippen LogP contribution in [0.4, 0.5) is 105 Å². The molecule has 7 rings (SSSR count). The van der Waals surface area contributed by atoms with E-state index in [4.69, 9.17) is 0 Å². The molecule has 7 aromatic rings. The van der Waals surface area contributed by atoms with Gasteiger partial charge in [-0.1, -0.05) is 76.8 Å². The Kier molecular flexibility index (Phi) is 19.0. The molecule has 0 aromatic heterocycles. The summed E-state index contributed by atoms with van der Waals surface area (Å²) in [6.07, 6.45) is 0. The molecule has 30 heteroatoms. The van der Waals surface area contributed by atoms with Gasteiger partial charge >= 0.3 is 0 Å². The Hall–Kier alpha value is -5.04. The zero-order valence-corrected chi connectivity index (χ0v) is 45.4. The Balaban J connectivity index is 1.42. The molecule has 0 aliphatic carbocycles. The topological polar surface area (TPSA) is 0 Å². The maximum atomic E-state index is 16.0. The zero-order chi connectivity index (χ0) is 60.6. The Morgan fingerprint density at radius 1 is 0.198 bits per heavy atom. The van der Waals surface area contributed by atoms with E-state index in [-0.39, 0.29) is 35.3 Å². The summed E-state index contributed by atoms with van der Waals surface area (Å²) in [6.45, 7) is 7.80. The fraction of sp³-hybridized carbons (Fsp3) is 0.176. The van der Waals surface area contributed by atoms with Crippen molar-refractivity contribution in [1.29, 1.82) is 0 Å². The Morgan fingerprint density at radius 3 is 0.444 bits per heavy atom. The zero-order valence-electron chi connectivity index (χ0n) is 40.5. The maximum absolute atomic E-state index is 16.0. The average molecular weight is 1290 g/mol. The summed E-state index contributed by atoms with van der Waals surface area (Å²) in [4.78, 5) is -13.0. The van der Waals surface area contributed by atoms with Crippen LogP contribution in [0.2, 0.25) is 0 Å². The molecule has 0 unspecified atom stereocenters. The van der Waals surface area contributed by atoms with E-state index in [1.807, 2.05) is 0 Å². The van der Waals surface area contributed by atoms with Crippen molar-refractivity contribution in [2.24, 2.45) is 0 Å². The molecule has 0 N–H and O–H groups in total. The Labute approximate surface area is 466 Å². The Morgan fingerprint density at radius 2 is 0.321 bits per heavy atom. The van der Waals surface area contributed by atoms with Gasteiger partial charge in [-0.2, -0.15) is 0 Å². The summed E-state index contributed by atoms with van der Waals surface area (Å²) in [5.41, 5.74) is -14.1. The highest BCUT2D eigenvalue weighted by Gasteiger charge is 2.39. The quantitative estimate of drug-likeness (QED) is 0.0566. The molecule has 0 atom stereocenters. The molecule has 0 amide bonds. The Bertz CT molecular complexity index is 3200. The van der Waals surface area contributed by atoms with Crippen LogP contribution in [-0.2, 0) is 0 Å². The summed E-state index contributed by atoms with van der Waals surface area (Å²) in [5.74, 6) is -61.5. The molecule has 81 heavy (non-hydrogen) atoms. The molecular weight excluding hydrogens is 1260 g/mol. The number of halogens is 24. The molecule has 0 aliphatic heterocycles. The first kappa shape index (κ1) is 63.5. The normalized spacial score (nSPS) is 12.0. The van der Waals surface area contributed by atoms with Crippen molar-refractivity contribution < 1.29 is 105 Å². The molecule has 0 aliphatic rings. The van der Waals surface area contributed by atoms with Crippen LogP contribution in [0.3, 0.4) is 0 Å². The van der Waals surface area contributed by atoms with Crippen molar-refractivity contribution in [2.45, 2.75) is 101 Å². The van der Waals surface area contributed by atoms with Gasteiger partial charge in [-0.25, -0.2) is 105 Å². The third-order valence-corrected chi connectivity index (χ3v) is 17.0. The van der Waals surface area contributed by atoms with Crippen LogP contribution >= 0.6 is 70.6 Å². The second-order valence-electron chi connectivity index (χ2n) is 17.2. The molecule has 0 bridgehead atoms. The van der Waals surface area contributed by atoms with Crippen molar-refractivity contribution in [3.8, 4) is 33.4 Å². The second-order valence-corrected chi connectivity index (χ2v) is 25.2. The van der Waals surface area contributed by atoms with E-state index in [9.17, 15) is 0 Å². The van der Waals surface area contributed by atoms with Crippen molar-refractivity contribution >= 4 is 70.6 Å². The fourth-order valence-electron chi connectivity index (χ4n) is 7.35. The molecule has 432 valence electrons. The summed E-state index contributed by atoms with van der Waals surface area (Å²) >= 11 is -1.20. The lowest BCUT2D eigenvalue weighted by Gasteiger charge is -2.17. The van der Waals surface area contributed by atoms with Gasteiger partial charge in [0, 0.05) is 30.4 Å². The molecular formula is C51H24F24S6. The minimum absolute atomic E-state index is 0.182. The number of hydrogen-bond donors (Lipinski definition) is 0. The van der Waals surface area contributed by atoms with Crippen LogP contribution in [0, 0.1) is 140 Å². The summed E-state index contributed by atoms with van der Waals surface area (Å²) in [7, 11) is 0. The predicted octanol–water partition coefficient (Wildman–Crippen LogP) is 21.0. The van der Waals surface area contributed by atoms with E-state index in [2.05, 4.69) is 0 Å². The monoisotopic (exact) mass is 1280 g/mol. The molecule has 0 fully saturated rings. The summed E-state index contributed by atoms with van der Waals surface area (Å²) < 4.78 is 373. The summed E-state index contributed by atoms with van der Waals surface area (Å²) in [6, 6.07) is 1.21. The van der Waals surface area contributed by atoms with Gasteiger partial charge in [0.15, 0.2) is 140 Å². The van der Waals surface area contributed by atoms with Gasteiger partial charge in [0.05, 0.1) is 62.8 Å². The first-order chi connectivity index (χ1) is 37.7. The lowest BCUT2D eigenvalue weighted by atomic mass is 10.0.